The first-order valence-corrected chi connectivity index (χ1v) is 12.2. The Morgan fingerprint density at radius 3 is 2.63 bits per heavy atom. The molecule has 202 valence electrons. The number of benzene rings is 1. The van der Waals surface area contributed by atoms with Crippen molar-refractivity contribution in [3.8, 4) is 5.75 Å². The molecule has 2 atom stereocenters. The lowest BCUT2D eigenvalue weighted by Crippen LogP contribution is -2.39. The van der Waals surface area contributed by atoms with Gasteiger partial charge in [-0.25, -0.2) is 9.07 Å². The van der Waals surface area contributed by atoms with Gasteiger partial charge in [0, 0.05) is 31.2 Å². The van der Waals surface area contributed by atoms with E-state index in [1.54, 1.807) is 39.1 Å². The molecule has 1 aromatic carbocycles. The number of anilines is 1. The lowest BCUT2D eigenvalue weighted by molar-refractivity contribution is -0.783. The molecule has 0 radical (unpaired) electrons. The zero-order valence-electron chi connectivity index (χ0n) is 21.5. The van der Waals surface area contributed by atoms with Gasteiger partial charge in [-0.15, -0.1) is 9.69 Å². The Hall–Kier alpha value is -3.80. The molecule has 0 bridgehead atoms. The number of nitrogens with one attached hydrogen (secondary N) is 1. The van der Waals surface area contributed by atoms with E-state index in [1.807, 2.05) is 4.68 Å². The fourth-order valence-corrected chi connectivity index (χ4v) is 4.27. The summed E-state index contributed by atoms with van der Waals surface area (Å²) < 4.78 is 59.0. The normalized spacial score (nSPS) is 22.1. The third-order valence-electron chi connectivity index (χ3n) is 6.62. The molecule has 2 aromatic rings. The lowest BCUT2D eigenvalue weighted by atomic mass is 9.93. The highest BCUT2D eigenvalue weighted by Gasteiger charge is 2.36. The number of aliphatic imine (C=N–C) groups is 1. The molecule has 12 heteroatoms. The van der Waals surface area contributed by atoms with Crippen LogP contribution in [-0.4, -0.2) is 51.4 Å². The van der Waals surface area contributed by atoms with E-state index in [0.29, 0.717) is 24.0 Å². The quantitative estimate of drug-likeness (QED) is 0.256. The van der Waals surface area contributed by atoms with Crippen molar-refractivity contribution >= 4 is 18.1 Å². The van der Waals surface area contributed by atoms with Gasteiger partial charge in [-0.1, -0.05) is 29.7 Å². The minimum absolute atomic E-state index is 0.0990. The molecule has 4 rings (SSSR count). The van der Waals surface area contributed by atoms with Crippen molar-refractivity contribution in [3.63, 3.8) is 0 Å². The predicted molar refractivity (Wildman–Crippen MR) is 137 cm³/mol. The Kier molecular flexibility index (Phi) is 7.81. The van der Waals surface area contributed by atoms with Crippen LogP contribution in [0.5, 0.6) is 5.75 Å². The second-order valence-electron chi connectivity index (χ2n) is 9.21. The summed E-state index contributed by atoms with van der Waals surface area (Å²) >= 11 is 0. The van der Waals surface area contributed by atoms with E-state index in [9.17, 15) is 13.2 Å². The molecule has 1 N–H and O–H groups in total. The average molecular weight is 533 g/mol. The van der Waals surface area contributed by atoms with Crippen molar-refractivity contribution in [2.24, 2.45) is 10.1 Å². The number of quaternary nitrogens is 1. The van der Waals surface area contributed by atoms with Crippen LogP contribution in [0.1, 0.15) is 50.4 Å². The molecule has 0 saturated heterocycles. The van der Waals surface area contributed by atoms with E-state index in [4.69, 9.17) is 9.72 Å². The van der Waals surface area contributed by atoms with E-state index >= 15 is 4.39 Å². The Morgan fingerprint density at radius 1 is 1.26 bits per heavy atom. The fraction of sp³-hybridized carbons (Fsp3) is 0.385. The Bertz CT molecular complexity index is 1310. The van der Waals surface area contributed by atoms with Gasteiger partial charge >= 0.3 is 6.18 Å². The maximum atomic E-state index is 15.1. The van der Waals surface area contributed by atoms with Gasteiger partial charge in [-0.05, 0) is 44.0 Å². The zero-order valence-corrected chi connectivity index (χ0v) is 21.5. The summed E-state index contributed by atoms with van der Waals surface area (Å²) in [4.78, 5) is 8.80. The summed E-state index contributed by atoms with van der Waals surface area (Å²) in [6.45, 7) is 6.72. The molecule has 0 spiro atoms. The molecule has 2 aliphatic heterocycles. The van der Waals surface area contributed by atoms with Crippen LogP contribution in [0.15, 0.2) is 70.3 Å². The molecule has 1 aromatic heterocycles. The Balaban J connectivity index is 1.51. The molecule has 2 unspecified atom stereocenters. The van der Waals surface area contributed by atoms with Gasteiger partial charge in [0.25, 0.3) is 0 Å². The third-order valence-corrected chi connectivity index (χ3v) is 6.62. The number of ether oxygens (including phenoxy) is 1. The minimum atomic E-state index is -4.40. The summed E-state index contributed by atoms with van der Waals surface area (Å²) in [6.07, 6.45) is 2.66. The number of hydrogen-bond donors (Lipinski definition) is 1. The predicted octanol–water partition coefficient (Wildman–Crippen LogP) is 6.04. The molecule has 0 aliphatic carbocycles. The van der Waals surface area contributed by atoms with Crippen LogP contribution in [-0.2, 0) is 6.54 Å². The van der Waals surface area contributed by atoms with Crippen LogP contribution < -0.4 is 10.1 Å². The summed E-state index contributed by atoms with van der Waals surface area (Å²) in [6, 6.07) is 6.57. The van der Waals surface area contributed by atoms with Crippen molar-refractivity contribution < 1.29 is 26.9 Å². The molecule has 3 heterocycles. The molecular formula is C26H30F4N7O+. The van der Waals surface area contributed by atoms with Crippen molar-refractivity contribution in [1.82, 2.24) is 14.8 Å². The smallest absolute Gasteiger partial charge is 0.422 e. The van der Waals surface area contributed by atoms with Crippen molar-refractivity contribution in [3.05, 3.63) is 71.6 Å². The van der Waals surface area contributed by atoms with E-state index < -0.39 is 18.6 Å². The third kappa shape index (κ3) is 6.01. The van der Waals surface area contributed by atoms with Gasteiger partial charge in [0.2, 0.25) is 11.8 Å². The molecule has 8 nitrogen and oxygen atoms in total. The van der Waals surface area contributed by atoms with Crippen LogP contribution >= 0.6 is 0 Å². The Morgan fingerprint density at radius 2 is 2.00 bits per heavy atom. The molecule has 38 heavy (non-hydrogen) atoms. The number of rotatable bonds is 8. The van der Waals surface area contributed by atoms with E-state index in [2.05, 4.69) is 27.1 Å². The van der Waals surface area contributed by atoms with E-state index in [1.165, 1.54) is 24.5 Å². The van der Waals surface area contributed by atoms with Crippen molar-refractivity contribution in [2.45, 2.75) is 51.7 Å². The van der Waals surface area contributed by atoms with E-state index in [0.717, 1.165) is 30.7 Å². The average Bonchev–Trinajstić information content (AvgIpc) is 3.37. The van der Waals surface area contributed by atoms with Gasteiger partial charge in [-0.2, -0.15) is 23.1 Å². The summed E-state index contributed by atoms with van der Waals surface area (Å²) in [5, 5.41) is 11.9. The van der Waals surface area contributed by atoms with Gasteiger partial charge in [0.15, 0.2) is 24.5 Å². The van der Waals surface area contributed by atoms with E-state index in [-0.39, 0.29) is 22.0 Å². The van der Waals surface area contributed by atoms with Gasteiger partial charge in [0.05, 0.1) is 0 Å². The summed E-state index contributed by atoms with van der Waals surface area (Å²) in [5.41, 5.74) is 1.48. The number of nitrogens with zero attached hydrogens (tertiary/aromatic N) is 6. The number of likely N-dealkylation sites (N-methyl/N-ethyl adjacent to an activating group) is 1. The van der Waals surface area contributed by atoms with Crippen LogP contribution in [0, 0.1) is 0 Å². The SMILES string of the molecule is C=C(C(F)=CC(=CC)Nc1nc2n(n1)CCCCC2c1ccc(OCC(F)(F)F)cc1)[N+]1(C)N=CN=C1C. The zero-order chi connectivity index (χ0) is 27.5. The molecular weight excluding hydrogens is 502 g/mol. The number of amidine groups is 1. The maximum Gasteiger partial charge on any atom is 0.422 e. The minimum Gasteiger partial charge on any atom is -0.484 e. The number of halogens is 4. The van der Waals surface area contributed by atoms with Crippen LogP contribution in [0.2, 0.25) is 0 Å². The highest BCUT2D eigenvalue weighted by atomic mass is 19.4. The maximum absolute atomic E-state index is 15.1. The fourth-order valence-electron chi connectivity index (χ4n) is 4.27. The first kappa shape index (κ1) is 27.2. The van der Waals surface area contributed by atoms with Gasteiger partial charge in [-0.3, -0.25) is 0 Å². The monoisotopic (exact) mass is 532 g/mol. The second-order valence-corrected chi connectivity index (χ2v) is 9.21. The number of fused-ring (bicyclic) bond motifs is 1. The number of aromatic nitrogens is 3. The number of aryl methyl sites for hydroxylation is 1. The topological polar surface area (TPSA) is 76.7 Å². The second kappa shape index (κ2) is 10.9. The Labute approximate surface area is 218 Å². The molecule has 0 saturated carbocycles. The first-order valence-electron chi connectivity index (χ1n) is 12.2. The standard InChI is InChI=1S/C26H30F4N7O/c1-5-20(14-23(27)17(2)37(4)18(3)31-16-32-37)33-25-34-24-22(8-6-7-13-36(24)35-25)19-9-11-21(12-10-19)38-15-26(28,29)30/h5,9-12,14,16,22H,2,6-8,13,15H2,1,3-4H3,(H,33,35)/q+1. The number of hydrogen-bond acceptors (Lipinski definition) is 6. The largest absolute Gasteiger partial charge is 0.484 e. The van der Waals surface area contributed by atoms with Gasteiger partial charge in [0.1, 0.15) is 18.6 Å². The first-order chi connectivity index (χ1) is 18.0. The number of allylic oxidation sites excluding steroid dienone is 3. The van der Waals surface area contributed by atoms with Crippen LogP contribution in [0.3, 0.4) is 0 Å². The molecule has 0 amide bonds. The highest BCUT2D eigenvalue weighted by Crippen LogP contribution is 2.34. The summed E-state index contributed by atoms with van der Waals surface area (Å²) in [7, 11) is 1.70. The molecule has 2 aliphatic rings. The lowest BCUT2D eigenvalue weighted by Gasteiger charge is -2.23. The number of alkyl halides is 3. The van der Waals surface area contributed by atoms with Crippen LogP contribution in [0.4, 0.5) is 23.5 Å². The van der Waals surface area contributed by atoms with Gasteiger partial charge < -0.3 is 10.1 Å². The van der Waals surface area contributed by atoms with Crippen molar-refractivity contribution in [1.29, 1.82) is 0 Å². The molecule has 0 fully saturated rings. The highest BCUT2D eigenvalue weighted by molar-refractivity contribution is 5.85. The van der Waals surface area contributed by atoms with Crippen molar-refractivity contribution in [2.75, 3.05) is 19.0 Å². The summed E-state index contributed by atoms with van der Waals surface area (Å²) in [5.74, 6) is 1.13. The van der Waals surface area contributed by atoms with Crippen LogP contribution in [0.25, 0.3) is 0 Å².